The maximum absolute atomic E-state index is 9.84. The number of hydrogen-bond donors (Lipinski definition) is 3. The summed E-state index contributed by atoms with van der Waals surface area (Å²) in [5, 5.41) is 25.0. The topological polar surface area (TPSA) is 77.8 Å². The molecule has 16 heavy (non-hydrogen) atoms. The largest absolute Gasteiger partial charge is 0.479 e. The van der Waals surface area contributed by atoms with Crippen molar-refractivity contribution in [3.05, 3.63) is 0 Å². The SMILES string of the molecule is CCCC(O)C(=O)O.CCCCCCCO. The normalized spacial score (nSPS) is 11.5. The van der Waals surface area contributed by atoms with Gasteiger partial charge in [-0.15, -0.1) is 0 Å². The molecule has 0 aromatic heterocycles. The van der Waals surface area contributed by atoms with Crippen molar-refractivity contribution in [2.24, 2.45) is 0 Å². The lowest BCUT2D eigenvalue weighted by atomic mass is 10.2. The van der Waals surface area contributed by atoms with E-state index in [2.05, 4.69) is 6.92 Å². The summed E-state index contributed by atoms with van der Waals surface area (Å²) in [4.78, 5) is 9.84. The molecule has 0 fully saturated rings. The van der Waals surface area contributed by atoms with Crippen molar-refractivity contribution in [3.8, 4) is 0 Å². The van der Waals surface area contributed by atoms with Crippen LogP contribution in [-0.4, -0.2) is 34.0 Å². The molecule has 0 radical (unpaired) electrons. The highest BCUT2D eigenvalue weighted by Gasteiger charge is 2.09. The second kappa shape index (κ2) is 14.4. The fraction of sp³-hybridized carbons (Fsp3) is 0.917. The van der Waals surface area contributed by atoms with Crippen LogP contribution in [0, 0.1) is 0 Å². The second-order valence-corrected chi connectivity index (χ2v) is 3.78. The van der Waals surface area contributed by atoms with Crippen molar-refractivity contribution in [1.82, 2.24) is 0 Å². The molecule has 0 amide bonds. The Bertz CT molecular complexity index is 142. The van der Waals surface area contributed by atoms with Crippen LogP contribution in [0.1, 0.15) is 58.8 Å². The summed E-state index contributed by atoms with van der Waals surface area (Å²) in [5.74, 6) is -1.13. The van der Waals surface area contributed by atoms with Gasteiger partial charge in [-0.05, 0) is 12.8 Å². The van der Waals surface area contributed by atoms with Gasteiger partial charge in [0, 0.05) is 6.61 Å². The Morgan fingerprint density at radius 2 is 1.62 bits per heavy atom. The number of aliphatic hydroxyl groups excluding tert-OH is 2. The summed E-state index contributed by atoms with van der Waals surface area (Å²) in [7, 11) is 0. The second-order valence-electron chi connectivity index (χ2n) is 3.78. The van der Waals surface area contributed by atoms with Crippen LogP contribution in [0.3, 0.4) is 0 Å². The van der Waals surface area contributed by atoms with Crippen LogP contribution in [0.2, 0.25) is 0 Å². The van der Waals surface area contributed by atoms with Gasteiger partial charge in [0.2, 0.25) is 0 Å². The Kier molecular flexibility index (Phi) is 16.0. The molecule has 0 saturated heterocycles. The quantitative estimate of drug-likeness (QED) is 0.562. The maximum Gasteiger partial charge on any atom is 0.332 e. The highest BCUT2D eigenvalue weighted by molar-refractivity contribution is 5.71. The van der Waals surface area contributed by atoms with E-state index < -0.39 is 12.1 Å². The number of carboxylic acids is 1. The molecule has 0 bridgehead atoms. The summed E-state index contributed by atoms with van der Waals surface area (Å²) >= 11 is 0. The zero-order valence-electron chi connectivity index (χ0n) is 10.5. The number of hydrogen-bond acceptors (Lipinski definition) is 3. The van der Waals surface area contributed by atoms with Gasteiger partial charge in [-0.2, -0.15) is 0 Å². The lowest BCUT2D eigenvalue weighted by Crippen LogP contribution is -2.18. The Morgan fingerprint density at radius 3 is 1.94 bits per heavy atom. The molecule has 0 aliphatic carbocycles. The van der Waals surface area contributed by atoms with Crippen LogP contribution in [0.15, 0.2) is 0 Å². The van der Waals surface area contributed by atoms with Crippen LogP contribution in [0.4, 0.5) is 0 Å². The number of rotatable bonds is 8. The average Bonchev–Trinajstić information content (AvgIpc) is 2.26. The summed E-state index contributed by atoms with van der Waals surface area (Å²) < 4.78 is 0. The predicted octanol–water partition coefficient (Wildman–Crippen LogP) is 2.18. The average molecular weight is 234 g/mol. The molecule has 0 aromatic carbocycles. The molecular formula is C12H26O4. The van der Waals surface area contributed by atoms with E-state index in [1.165, 1.54) is 25.7 Å². The van der Waals surface area contributed by atoms with Crippen LogP contribution >= 0.6 is 0 Å². The monoisotopic (exact) mass is 234 g/mol. The Hall–Kier alpha value is -0.610. The van der Waals surface area contributed by atoms with Gasteiger partial charge >= 0.3 is 5.97 Å². The smallest absolute Gasteiger partial charge is 0.332 e. The van der Waals surface area contributed by atoms with Crippen molar-refractivity contribution < 1.29 is 20.1 Å². The Morgan fingerprint density at radius 1 is 1.06 bits per heavy atom. The van der Waals surface area contributed by atoms with E-state index in [0.29, 0.717) is 19.4 Å². The van der Waals surface area contributed by atoms with Gasteiger partial charge in [0.25, 0.3) is 0 Å². The molecule has 0 aromatic rings. The Balaban J connectivity index is 0. The molecule has 0 aliphatic heterocycles. The van der Waals surface area contributed by atoms with Gasteiger partial charge < -0.3 is 15.3 Å². The number of carbonyl (C=O) groups is 1. The van der Waals surface area contributed by atoms with Gasteiger partial charge in [-0.1, -0.05) is 46.0 Å². The molecule has 0 aliphatic rings. The minimum Gasteiger partial charge on any atom is -0.479 e. The van der Waals surface area contributed by atoms with Crippen molar-refractivity contribution in [1.29, 1.82) is 0 Å². The van der Waals surface area contributed by atoms with Crippen molar-refractivity contribution in [2.75, 3.05) is 6.61 Å². The minimum absolute atomic E-state index is 0.343. The molecule has 0 spiro atoms. The van der Waals surface area contributed by atoms with E-state index in [1.807, 2.05) is 6.92 Å². The third-order valence-electron chi connectivity index (χ3n) is 2.11. The lowest BCUT2D eigenvalue weighted by molar-refractivity contribution is -0.146. The van der Waals surface area contributed by atoms with Crippen LogP contribution < -0.4 is 0 Å². The van der Waals surface area contributed by atoms with Crippen LogP contribution in [0.5, 0.6) is 0 Å². The molecule has 1 atom stereocenters. The first-order chi connectivity index (χ1) is 7.59. The first-order valence-corrected chi connectivity index (χ1v) is 6.11. The van der Waals surface area contributed by atoms with E-state index >= 15 is 0 Å². The molecule has 0 saturated carbocycles. The molecule has 4 heteroatoms. The zero-order chi connectivity index (χ0) is 12.8. The highest BCUT2D eigenvalue weighted by atomic mass is 16.4. The van der Waals surface area contributed by atoms with Gasteiger partial charge in [-0.3, -0.25) is 0 Å². The Labute approximate surface area is 98.3 Å². The van der Waals surface area contributed by atoms with E-state index in [4.69, 9.17) is 15.3 Å². The number of aliphatic carboxylic acids is 1. The molecule has 4 nitrogen and oxygen atoms in total. The highest BCUT2D eigenvalue weighted by Crippen LogP contribution is 2.00. The molecule has 98 valence electrons. The third kappa shape index (κ3) is 15.8. The maximum atomic E-state index is 9.84. The van der Waals surface area contributed by atoms with Crippen LogP contribution in [0.25, 0.3) is 0 Å². The van der Waals surface area contributed by atoms with Gasteiger partial charge in [-0.25, -0.2) is 4.79 Å². The first kappa shape index (κ1) is 17.8. The fourth-order valence-corrected chi connectivity index (χ4v) is 1.11. The summed E-state index contributed by atoms with van der Waals surface area (Å²) in [5.41, 5.74) is 0. The predicted molar refractivity (Wildman–Crippen MR) is 64.4 cm³/mol. The molecule has 0 heterocycles. The van der Waals surface area contributed by atoms with E-state index in [9.17, 15) is 4.79 Å². The van der Waals surface area contributed by atoms with Gasteiger partial charge in [0.05, 0.1) is 0 Å². The zero-order valence-corrected chi connectivity index (χ0v) is 10.5. The van der Waals surface area contributed by atoms with Crippen molar-refractivity contribution in [2.45, 2.75) is 64.9 Å². The summed E-state index contributed by atoms with van der Waals surface area (Å²) in [6.07, 6.45) is 5.95. The van der Waals surface area contributed by atoms with Crippen molar-refractivity contribution in [3.63, 3.8) is 0 Å². The lowest BCUT2D eigenvalue weighted by Gasteiger charge is -1.99. The number of aliphatic hydroxyl groups is 2. The molecule has 1 unspecified atom stereocenters. The van der Waals surface area contributed by atoms with Crippen LogP contribution in [-0.2, 0) is 4.79 Å². The standard InChI is InChI=1S/C7H16O.C5H10O3/c1-2-3-4-5-6-7-8;1-2-3-4(6)5(7)8/h8H,2-7H2,1H3;4,6H,2-3H2,1H3,(H,7,8). The number of unbranched alkanes of at least 4 members (excludes halogenated alkanes) is 4. The number of carboxylic acid groups (broad SMARTS) is 1. The fourth-order valence-electron chi connectivity index (χ4n) is 1.11. The molecule has 0 rings (SSSR count). The first-order valence-electron chi connectivity index (χ1n) is 6.11. The van der Waals surface area contributed by atoms with E-state index in [0.717, 1.165) is 6.42 Å². The van der Waals surface area contributed by atoms with Gasteiger partial charge in [0.1, 0.15) is 0 Å². The summed E-state index contributed by atoms with van der Waals surface area (Å²) in [6.45, 7) is 4.38. The van der Waals surface area contributed by atoms with E-state index in [-0.39, 0.29) is 0 Å². The van der Waals surface area contributed by atoms with Crippen molar-refractivity contribution >= 4 is 5.97 Å². The van der Waals surface area contributed by atoms with E-state index in [1.54, 1.807) is 0 Å². The third-order valence-corrected chi connectivity index (χ3v) is 2.11. The summed E-state index contributed by atoms with van der Waals surface area (Å²) in [6, 6.07) is 0. The van der Waals surface area contributed by atoms with Gasteiger partial charge in [0.15, 0.2) is 6.10 Å². The minimum atomic E-state index is -1.17. The molecule has 3 N–H and O–H groups in total. The molecular weight excluding hydrogens is 208 g/mol.